The van der Waals surface area contributed by atoms with E-state index in [0.29, 0.717) is 6.04 Å². The zero-order valence-electron chi connectivity index (χ0n) is 12.2. The van der Waals surface area contributed by atoms with Crippen LogP contribution >= 0.6 is 0 Å². The molecule has 4 nitrogen and oxygen atoms in total. The lowest BCUT2D eigenvalue weighted by molar-refractivity contribution is 0.516. The number of nitrogens with zero attached hydrogens (tertiary/aromatic N) is 3. The summed E-state index contributed by atoms with van der Waals surface area (Å²) in [6, 6.07) is 3.38. The van der Waals surface area contributed by atoms with Crippen LogP contribution in [-0.4, -0.2) is 20.8 Å². The van der Waals surface area contributed by atoms with Crippen LogP contribution in [0.4, 0.5) is 4.39 Å². The van der Waals surface area contributed by atoms with Crippen LogP contribution in [0.15, 0.2) is 30.7 Å². The molecule has 0 aliphatic carbocycles. The first-order valence-electron chi connectivity index (χ1n) is 7.00. The van der Waals surface area contributed by atoms with Gasteiger partial charge in [-0.2, -0.15) is 5.10 Å². The molecule has 2 heterocycles. The van der Waals surface area contributed by atoms with Crippen LogP contribution in [0.2, 0.25) is 0 Å². The smallest absolute Gasteiger partial charge is 0.141 e. The van der Waals surface area contributed by atoms with Gasteiger partial charge in [-0.3, -0.25) is 9.67 Å². The van der Waals surface area contributed by atoms with Crippen molar-refractivity contribution >= 4 is 0 Å². The second-order valence-corrected chi connectivity index (χ2v) is 5.19. The second-order valence-electron chi connectivity index (χ2n) is 5.19. The zero-order chi connectivity index (χ0) is 14.5. The highest BCUT2D eigenvalue weighted by Crippen LogP contribution is 2.20. The van der Waals surface area contributed by atoms with Gasteiger partial charge in [0.1, 0.15) is 5.82 Å². The first kappa shape index (κ1) is 14.7. The van der Waals surface area contributed by atoms with Crippen molar-refractivity contribution in [2.24, 2.45) is 0 Å². The average molecular weight is 276 g/mol. The minimum Gasteiger partial charge on any atom is -0.303 e. The van der Waals surface area contributed by atoms with Gasteiger partial charge in [0.2, 0.25) is 0 Å². The van der Waals surface area contributed by atoms with Crippen molar-refractivity contribution in [1.29, 1.82) is 0 Å². The molecule has 108 valence electrons. The van der Waals surface area contributed by atoms with Gasteiger partial charge in [0.15, 0.2) is 0 Å². The van der Waals surface area contributed by atoms with E-state index in [9.17, 15) is 4.39 Å². The number of aryl methyl sites for hydroxylation is 1. The molecule has 1 N–H and O–H groups in total. The quantitative estimate of drug-likeness (QED) is 0.882. The summed E-state index contributed by atoms with van der Waals surface area (Å²) in [5.41, 5.74) is 1.85. The van der Waals surface area contributed by atoms with Crippen molar-refractivity contribution in [3.05, 3.63) is 47.8 Å². The fourth-order valence-electron chi connectivity index (χ4n) is 2.12. The summed E-state index contributed by atoms with van der Waals surface area (Å²) in [6.45, 7) is 7.16. The Hall–Kier alpha value is -1.75. The van der Waals surface area contributed by atoms with E-state index in [1.165, 1.54) is 12.3 Å². The molecule has 0 radical (unpaired) electrons. The molecular formula is C15H21FN4. The van der Waals surface area contributed by atoms with E-state index in [2.05, 4.69) is 36.2 Å². The Bertz CT molecular complexity index is 533. The molecule has 20 heavy (non-hydrogen) atoms. The fraction of sp³-hybridized carbons (Fsp3) is 0.467. The van der Waals surface area contributed by atoms with Crippen molar-refractivity contribution in [3.63, 3.8) is 0 Å². The van der Waals surface area contributed by atoms with E-state index < -0.39 is 0 Å². The topological polar surface area (TPSA) is 42.7 Å². The van der Waals surface area contributed by atoms with E-state index in [1.807, 2.05) is 17.1 Å². The molecule has 5 heteroatoms. The summed E-state index contributed by atoms with van der Waals surface area (Å²) >= 11 is 0. The van der Waals surface area contributed by atoms with Crippen LogP contribution in [0.3, 0.4) is 0 Å². The largest absolute Gasteiger partial charge is 0.303 e. The maximum absolute atomic E-state index is 13.0. The van der Waals surface area contributed by atoms with Crippen molar-refractivity contribution in [2.75, 3.05) is 0 Å². The first-order valence-corrected chi connectivity index (χ1v) is 7.00. The van der Waals surface area contributed by atoms with E-state index >= 15 is 0 Å². The van der Waals surface area contributed by atoms with Gasteiger partial charge < -0.3 is 5.32 Å². The minimum absolute atomic E-state index is 0.0683. The summed E-state index contributed by atoms with van der Waals surface area (Å²) in [7, 11) is 0. The lowest BCUT2D eigenvalue weighted by atomic mass is 10.1. The molecule has 0 saturated carbocycles. The summed E-state index contributed by atoms with van der Waals surface area (Å²) in [4.78, 5) is 4.19. The standard InChI is InChI=1S/C15H21FN4/c1-4-7-20-10-12(8-18-20)15(19-11(2)3)14-6-5-13(16)9-17-14/h5-6,8-11,15,19H,4,7H2,1-3H3. The molecule has 2 aromatic heterocycles. The first-order chi connectivity index (χ1) is 9.60. The van der Waals surface area contributed by atoms with Crippen LogP contribution < -0.4 is 5.32 Å². The van der Waals surface area contributed by atoms with Gasteiger partial charge in [-0.25, -0.2) is 4.39 Å². The molecule has 0 aliphatic heterocycles. The van der Waals surface area contributed by atoms with Crippen LogP contribution in [-0.2, 0) is 6.54 Å². The third-order valence-corrected chi connectivity index (χ3v) is 2.99. The van der Waals surface area contributed by atoms with Gasteiger partial charge in [0, 0.05) is 24.3 Å². The van der Waals surface area contributed by atoms with Crippen molar-refractivity contribution in [3.8, 4) is 0 Å². The highest BCUT2D eigenvalue weighted by atomic mass is 19.1. The molecule has 0 spiro atoms. The predicted octanol–water partition coefficient (Wildman–Crippen LogP) is 2.91. The number of pyridine rings is 1. The minimum atomic E-state index is -0.321. The van der Waals surface area contributed by atoms with Gasteiger partial charge in [0.25, 0.3) is 0 Å². The van der Waals surface area contributed by atoms with Crippen LogP contribution in [0.5, 0.6) is 0 Å². The van der Waals surface area contributed by atoms with E-state index in [-0.39, 0.29) is 11.9 Å². The maximum Gasteiger partial charge on any atom is 0.141 e. The highest BCUT2D eigenvalue weighted by molar-refractivity contribution is 5.24. The Kier molecular flexibility index (Phi) is 4.84. The molecule has 0 amide bonds. The number of hydrogen-bond donors (Lipinski definition) is 1. The number of nitrogens with one attached hydrogen (secondary N) is 1. The Morgan fingerprint density at radius 1 is 1.30 bits per heavy atom. The SMILES string of the molecule is CCCn1cc(C(NC(C)C)c2ccc(F)cn2)cn1. The van der Waals surface area contributed by atoms with Crippen molar-refractivity contribution < 1.29 is 4.39 Å². The van der Waals surface area contributed by atoms with Crippen LogP contribution in [0, 0.1) is 5.82 Å². The van der Waals surface area contributed by atoms with Gasteiger partial charge in [0.05, 0.1) is 24.1 Å². The molecule has 0 fully saturated rings. The van der Waals surface area contributed by atoms with E-state index in [1.54, 1.807) is 6.07 Å². The van der Waals surface area contributed by atoms with Gasteiger partial charge in [-0.15, -0.1) is 0 Å². The molecule has 2 rings (SSSR count). The molecule has 1 atom stereocenters. The third kappa shape index (κ3) is 3.63. The number of aromatic nitrogens is 3. The van der Waals surface area contributed by atoms with Crippen LogP contribution in [0.1, 0.15) is 44.5 Å². The lowest BCUT2D eigenvalue weighted by Gasteiger charge is -2.19. The van der Waals surface area contributed by atoms with Gasteiger partial charge >= 0.3 is 0 Å². The van der Waals surface area contributed by atoms with E-state index in [0.717, 1.165) is 24.2 Å². The van der Waals surface area contributed by atoms with Gasteiger partial charge in [-0.05, 0) is 32.4 Å². The zero-order valence-corrected chi connectivity index (χ0v) is 12.2. The Morgan fingerprint density at radius 2 is 2.10 bits per heavy atom. The number of hydrogen-bond acceptors (Lipinski definition) is 3. The molecule has 0 bridgehead atoms. The van der Waals surface area contributed by atoms with Crippen molar-refractivity contribution in [1.82, 2.24) is 20.1 Å². The van der Waals surface area contributed by atoms with Crippen molar-refractivity contribution in [2.45, 2.75) is 45.8 Å². The molecule has 0 aromatic carbocycles. The number of rotatable bonds is 6. The molecule has 0 aliphatic rings. The summed E-state index contributed by atoms with van der Waals surface area (Å²) in [5.74, 6) is -0.321. The third-order valence-electron chi connectivity index (χ3n) is 2.99. The summed E-state index contributed by atoms with van der Waals surface area (Å²) in [6.07, 6.45) is 6.16. The Balaban J connectivity index is 2.28. The Morgan fingerprint density at radius 3 is 2.70 bits per heavy atom. The molecule has 1 unspecified atom stereocenters. The monoisotopic (exact) mass is 276 g/mol. The number of halogens is 1. The highest BCUT2D eigenvalue weighted by Gasteiger charge is 2.18. The lowest BCUT2D eigenvalue weighted by Crippen LogP contribution is -2.29. The normalized spacial score (nSPS) is 12.8. The predicted molar refractivity (Wildman–Crippen MR) is 76.8 cm³/mol. The van der Waals surface area contributed by atoms with Crippen LogP contribution in [0.25, 0.3) is 0 Å². The average Bonchev–Trinajstić information content (AvgIpc) is 2.86. The van der Waals surface area contributed by atoms with Gasteiger partial charge in [-0.1, -0.05) is 6.92 Å². The Labute approximate surface area is 119 Å². The fourth-order valence-corrected chi connectivity index (χ4v) is 2.12. The summed E-state index contributed by atoms with van der Waals surface area (Å²) < 4.78 is 14.9. The molecule has 2 aromatic rings. The molecule has 0 saturated heterocycles. The summed E-state index contributed by atoms with van der Waals surface area (Å²) in [5, 5.41) is 7.80. The maximum atomic E-state index is 13.0. The molecular weight excluding hydrogens is 255 g/mol. The van der Waals surface area contributed by atoms with E-state index in [4.69, 9.17) is 0 Å². The second kappa shape index (κ2) is 6.61.